The van der Waals surface area contributed by atoms with Crippen LogP contribution in [0.1, 0.15) is 37.4 Å². The molecule has 1 saturated heterocycles. The van der Waals surface area contributed by atoms with Gasteiger partial charge in [-0.25, -0.2) is 4.98 Å². The molecule has 0 aliphatic carbocycles. The molecule has 2 heterocycles. The molecule has 0 unspecified atom stereocenters. The lowest BCUT2D eigenvalue weighted by Crippen LogP contribution is -2.34. The van der Waals surface area contributed by atoms with E-state index in [1.165, 1.54) is 36.6 Å². The van der Waals surface area contributed by atoms with Gasteiger partial charge in [0.2, 0.25) is 0 Å². The van der Waals surface area contributed by atoms with Crippen LogP contribution in [0, 0.1) is 11.8 Å². The van der Waals surface area contributed by atoms with Gasteiger partial charge in [-0.2, -0.15) is 0 Å². The van der Waals surface area contributed by atoms with Crippen LogP contribution >= 0.6 is 11.3 Å². The molecule has 18 heavy (non-hydrogen) atoms. The summed E-state index contributed by atoms with van der Waals surface area (Å²) in [6, 6.07) is 0. The first kappa shape index (κ1) is 14.0. The van der Waals surface area contributed by atoms with Gasteiger partial charge in [-0.1, -0.05) is 13.8 Å². The zero-order valence-electron chi connectivity index (χ0n) is 11.8. The number of rotatable bonds is 5. The fourth-order valence-electron chi connectivity index (χ4n) is 2.66. The van der Waals surface area contributed by atoms with Crippen LogP contribution in [0.3, 0.4) is 0 Å². The highest BCUT2D eigenvalue weighted by Gasteiger charge is 2.21. The Morgan fingerprint density at radius 1 is 1.44 bits per heavy atom. The third-order valence-electron chi connectivity index (χ3n) is 3.89. The summed E-state index contributed by atoms with van der Waals surface area (Å²) in [5.41, 5.74) is 1.24. The summed E-state index contributed by atoms with van der Waals surface area (Å²) in [7, 11) is 1.97. The molecule has 102 valence electrons. The second kappa shape index (κ2) is 6.64. The molecule has 3 nitrogen and oxygen atoms in total. The van der Waals surface area contributed by atoms with E-state index in [0.29, 0.717) is 0 Å². The average Bonchev–Trinajstić information content (AvgIpc) is 2.78. The van der Waals surface area contributed by atoms with Crippen LogP contribution in [0.15, 0.2) is 5.38 Å². The smallest absolute Gasteiger partial charge is 0.107 e. The molecular formula is C14H25N3S. The molecule has 0 aromatic carbocycles. The van der Waals surface area contributed by atoms with E-state index in [1.807, 2.05) is 7.05 Å². The predicted molar refractivity (Wildman–Crippen MR) is 77.7 cm³/mol. The number of thiazole rings is 1. The predicted octanol–water partition coefficient (Wildman–Crippen LogP) is 2.73. The molecule has 0 saturated carbocycles. The Morgan fingerprint density at radius 3 is 2.78 bits per heavy atom. The number of aromatic nitrogens is 1. The Bertz CT molecular complexity index is 354. The van der Waals surface area contributed by atoms with E-state index in [4.69, 9.17) is 0 Å². The van der Waals surface area contributed by atoms with Crippen molar-refractivity contribution in [2.45, 2.75) is 39.8 Å². The van der Waals surface area contributed by atoms with Crippen LogP contribution in [-0.2, 0) is 13.1 Å². The van der Waals surface area contributed by atoms with Crippen molar-refractivity contribution >= 4 is 11.3 Å². The molecule has 1 N–H and O–H groups in total. The molecule has 1 aliphatic rings. The van der Waals surface area contributed by atoms with Gasteiger partial charge in [0.15, 0.2) is 0 Å². The highest BCUT2D eigenvalue weighted by Crippen LogP contribution is 2.25. The summed E-state index contributed by atoms with van der Waals surface area (Å²) in [6.07, 6.45) is 2.70. The first-order valence-corrected chi connectivity index (χ1v) is 7.87. The topological polar surface area (TPSA) is 28.2 Å². The summed E-state index contributed by atoms with van der Waals surface area (Å²) in [5.74, 6) is 1.77. The van der Waals surface area contributed by atoms with Gasteiger partial charge < -0.3 is 5.32 Å². The molecule has 1 aromatic rings. The lowest BCUT2D eigenvalue weighted by Gasteiger charge is -2.33. The lowest BCUT2D eigenvalue weighted by molar-refractivity contribution is 0.151. The second-order valence-corrected chi connectivity index (χ2v) is 6.56. The fourth-order valence-corrected chi connectivity index (χ4v) is 3.46. The molecule has 1 aliphatic heterocycles. The standard InChI is InChI=1S/C14H25N3S/c1-11(2)12-4-6-17(7-5-12)9-13-10-18-14(16-13)8-15-3/h10-12,15H,4-9H2,1-3H3. The van der Waals surface area contributed by atoms with E-state index in [2.05, 4.69) is 34.4 Å². The van der Waals surface area contributed by atoms with Crippen molar-refractivity contribution in [3.05, 3.63) is 16.1 Å². The van der Waals surface area contributed by atoms with Crippen molar-refractivity contribution in [3.63, 3.8) is 0 Å². The van der Waals surface area contributed by atoms with Crippen LogP contribution in [0.2, 0.25) is 0 Å². The molecule has 1 fully saturated rings. The first-order valence-electron chi connectivity index (χ1n) is 6.99. The maximum absolute atomic E-state index is 4.66. The van der Waals surface area contributed by atoms with Crippen molar-refractivity contribution < 1.29 is 0 Å². The molecule has 1 aromatic heterocycles. The molecule has 0 bridgehead atoms. The van der Waals surface area contributed by atoms with Crippen molar-refractivity contribution in [1.82, 2.24) is 15.2 Å². The second-order valence-electron chi connectivity index (χ2n) is 5.62. The quantitative estimate of drug-likeness (QED) is 0.889. The van der Waals surface area contributed by atoms with Crippen molar-refractivity contribution in [2.75, 3.05) is 20.1 Å². The number of nitrogens with one attached hydrogen (secondary N) is 1. The molecule has 4 heteroatoms. The molecule has 0 amide bonds. The third-order valence-corrected chi connectivity index (χ3v) is 4.79. The molecule has 0 atom stereocenters. The van der Waals surface area contributed by atoms with Gasteiger partial charge in [-0.15, -0.1) is 11.3 Å². The minimum Gasteiger partial charge on any atom is -0.314 e. The Labute approximate surface area is 115 Å². The first-order chi connectivity index (χ1) is 8.69. The van der Waals surface area contributed by atoms with E-state index in [-0.39, 0.29) is 0 Å². The fraction of sp³-hybridized carbons (Fsp3) is 0.786. The van der Waals surface area contributed by atoms with E-state index in [9.17, 15) is 0 Å². The number of nitrogens with zero attached hydrogens (tertiary/aromatic N) is 2. The van der Waals surface area contributed by atoms with Crippen LogP contribution in [0.4, 0.5) is 0 Å². The van der Waals surface area contributed by atoms with Crippen LogP contribution in [0.25, 0.3) is 0 Å². The highest BCUT2D eigenvalue weighted by molar-refractivity contribution is 7.09. The van der Waals surface area contributed by atoms with Crippen molar-refractivity contribution in [3.8, 4) is 0 Å². The maximum Gasteiger partial charge on any atom is 0.107 e. The van der Waals surface area contributed by atoms with E-state index < -0.39 is 0 Å². The lowest BCUT2D eigenvalue weighted by atomic mass is 9.87. The number of piperidine rings is 1. The van der Waals surface area contributed by atoms with Crippen molar-refractivity contribution in [2.24, 2.45) is 11.8 Å². The maximum atomic E-state index is 4.66. The molecule has 0 spiro atoms. The summed E-state index contributed by atoms with van der Waals surface area (Å²) in [6.45, 7) is 9.10. The number of hydrogen-bond donors (Lipinski definition) is 1. The zero-order chi connectivity index (χ0) is 13.0. The van der Waals surface area contributed by atoms with E-state index in [1.54, 1.807) is 11.3 Å². The average molecular weight is 267 g/mol. The minimum atomic E-state index is 0.841. The number of likely N-dealkylation sites (tertiary alicyclic amines) is 1. The summed E-state index contributed by atoms with van der Waals surface area (Å²) in [4.78, 5) is 7.22. The van der Waals surface area contributed by atoms with Gasteiger partial charge in [-0.3, -0.25) is 4.90 Å². The van der Waals surface area contributed by atoms with E-state index in [0.717, 1.165) is 24.9 Å². The van der Waals surface area contributed by atoms with Crippen LogP contribution in [0.5, 0.6) is 0 Å². The van der Waals surface area contributed by atoms with Gasteiger partial charge >= 0.3 is 0 Å². The minimum absolute atomic E-state index is 0.841. The summed E-state index contributed by atoms with van der Waals surface area (Å²) >= 11 is 1.77. The van der Waals surface area contributed by atoms with Crippen LogP contribution < -0.4 is 5.32 Å². The van der Waals surface area contributed by atoms with Gasteiger partial charge in [0.1, 0.15) is 5.01 Å². The SMILES string of the molecule is CNCc1nc(CN2CCC(C(C)C)CC2)cs1. The Hall–Kier alpha value is -0.450. The van der Waals surface area contributed by atoms with Gasteiger partial charge in [0.05, 0.1) is 5.69 Å². The number of hydrogen-bond acceptors (Lipinski definition) is 4. The van der Waals surface area contributed by atoms with Crippen molar-refractivity contribution in [1.29, 1.82) is 0 Å². The Morgan fingerprint density at radius 2 is 2.17 bits per heavy atom. The normalized spacial score (nSPS) is 18.7. The van der Waals surface area contributed by atoms with Gasteiger partial charge in [0, 0.05) is 18.5 Å². The van der Waals surface area contributed by atoms with Crippen LogP contribution in [-0.4, -0.2) is 30.0 Å². The van der Waals surface area contributed by atoms with Gasteiger partial charge in [0.25, 0.3) is 0 Å². The molecule has 2 rings (SSSR count). The monoisotopic (exact) mass is 267 g/mol. The largest absolute Gasteiger partial charge is 0.314 e. The van der Waals surface area contributed by atoms with E-state index >= 15 is 0 Å². The summed E-state index contributed by atoms with van der Waals surface area (Å²) < 4.78 is 0. The third kappa shape index (κ3) is 3.77. The Kier molecular flexibility index (Phi) is 5.15. The highest BCUT2D eigenvalue weighted by atomic mass is 32.1. The van der Waals surface area contributed by atoms with Gasteiger partial charge in [-0.05, 0) is 44.8 Å². The summed E-state index contributed by atoms with van der Waals surface area (Å²) in [5, 5.41) is 6.56. The molecule has 0 radical (unpaired) electrons. The molecular weight excluding hydrogens is 242 g/mol. The Balaban J connectivity index is 1.80. The zero-order valence-corrected chi connectivity index (χ0v) is 12.6.